The third-order valence-corrected chi connectivity index (χ3v) is 6.66. The van der Waals surface area contributed by atoms with E-state index in [0.29, 0.717) is 6.04 Å². The van der Waals surface area contributed by atoms with Crippen molar-refractivity contribution in [2.45, 2.75) is 71.3 Å². The molecule has 1 atom stereocenters. The third kappa shape index (κ3) is 5.69. The minimum absolute atomic E-state index is 0.674. The maximum atomic E-state index is 3.76. The fourth-order valence-electron chi connectivity index (χ4n) is 3.72. The second-order valence-electron chi connectivity index (χ2n) is 6.52. The molecule has 1 fully saturated rings. The molecule has 21 heavy (non-hydrogen) atoms. The van der Waals surface area contributed by atoms with E-state index in [0.717, 1.165) is 18.4 Å². The molecule has 3 heteroatoms. The van der Waals surface area contributed by atoms with Crippen LogP contribution in [-0.4, -0.2) is 12.6 Å². The SMILES string of the molecule is CCCCC1CCC(C(Cc2cc(Br)cs2)NCC)CC1. The first-order valence-corrected chi connectivity index (χ1v) is 10.4. The van der Waals surface area contributed by atoms with Crippen molar-refractivity contribution in [3.63, 3.8) is 0 Å². The lowest BCUT2D eigenvalue weighted by atomic mass is 9.76. The monoisotopic (exact) mass is 371 g/mol. The van der Waals surface area contributed by atoms with Crippen LogP contribution in [0.25, 0.3) is 0 Å². The van der Waals surface area contributed by atoms with Gasteiger partial charge in [-0.2, -0.15) is 0 Å². The van der Waals surface area contributed by atoms with Gasteiger partial charge in [-0.25, -0.2) is 0 Å². The highest BCUT2D eigenvalue weighted by Gasteiger charge is 2.27. The molecule has 1 aromatic heterocycles. The predicted octanol–water partition coefficient (Wildman–Crippen LogP) is 6.03. The van der Waals surface area contributed by atoms with Gasteiger partial charge in [-0.05, 0) is 59.6 Å². The summed E-state index contributed by atoms with van der Waals surface area (Å²) >= 11 is 5.47. The molecule has 0 aromatic carbocycles. The zero-order valence-corrected chi connectivity index (χ0v) is 15.9. The lowest BCUT2D eigenvalue weighted by Gasteiger charge is -2.34. The minimum Gasteiger partial charge on any atom is -0.314 e. The van der Waals surface area contributed by atoms with Gasteiger partial charge in [0.15, 0.2) is 0 Å². The van der Waals surface area contributed by atoms with E-state index < -0.39 is 0 Å². The molecule has 1 aliphatic rings. The van der Waals surface area contributed by atoms with Crippen molar-refractivity contribution in [3.05, 3.63) is 20.8 Å². The highest BCUT2D eigenvalue weighted by atomic mass is 79.9. The van der Waals surface area contributed by atoms with Crippen LogP contribution in [0.2, 0.25) is 0 Å². The van der Waals surface area contributed by atoms with Crippen molar-refractivity contribution in [3.8, 4) is 0 Å². The summed E-state index contributed by atoms with van der Waals surface area (Å²) in [6, 6.07) is 2.97. The van der Waals surface area contributed by atoms with Crippen molar-refractivity contribution in [2.75, 3.05) is 6.54 Å². The average molecular weight is 372 g/mol. The Labute approximate surface area is 143 Å². The molecule has 1 heterocycles. The van der Waals surface area contributed by atoms with Crippen LogP contribution in [0.1, 0.15) is 63.7 Å². The Morgan fingerprint density at radius 3 is 2.62 bits per heavy atom. The number of rotatable bonds is 8. The number of thiophene rings is 1. The molecule has 0 amide bonds. The van der Waals surface area contributed by atoms with Gasteiger partial charge in [-0.15, -0.1) is 11.3 Å². The topological polar surface area (TPSA) is 12.0 Å². The molecule has 1 saturated carbocycles. The van der Waals surface area contributed by atoms with E-state index >= 15 is 0 Å². The molecule has 0 radical (unpaired) electrons. The van der Waals surface area contributed by atoms with Gasteiger partial charge in [-0.1, -0.05) is 46.0 Å². The molecule has 0 saturated heterocycles. The predicted molar refractivity (Wildman–Crippen MR) is 98.2 cm³/mol. The summed E-state index contributed by atoms with van der Waals surface area (Å²) in [4.78, 5) is 1.51. The molecular weight excluding hydrogens is 342 g/mol. The van der Waals surface area contributed by atoms with Crippen LogP contribution in [0.15, 0.2) is 15.9 Å². The number of likely N-dealkylation sites (N-methyl/N-ethyl adjacent to an activating group) is 1. The van der Waals surface area contributed by atoms with Crippen LogP contribution in [0.3, 0.4) is 0 Å². The highest BCUT2D eigenvalue weighted by molar-refractivity contribution is 9.10. The molecule has 1 N–H and O–H groups in total. The molecule has 1 aliphatic carbocycles. The van der Waals surface area contributed by atoms with Gasteiger partial charge in [0.25, 0.3) is 0 Å². The molecule has 1 nitrogen and oxygen atoms in total. The van der Waals surface area contributed by atoms with Gasteiger partial charge < -0.3 is 5.32 Å². The van der Waals surface area contributed by atoms with E-state index in [2.05, 4.69) is 46.5 Å². The second-order valence-corrected chi connectivity index (χ2v) is 8.43. The first-order chi connectivity index (χ1) is 10.2. The zero-order chi connectivity index (χ0) is 15.1. The number of halogens is 1. The van der Waals surface area contributed by atoms with E-state index in [-0.39, 0.29) is 0 Å². The first kappa shape index (κ1) is 17.5. The smallest absolute Gasteiger partial charge is 0.0285 e. The summed E-state index contributed by atoms with van der Waals surface area (Å²) in [5.41, 5.74) is 0. The van der Waals surface area contributed by atoms with Crippen molar-refractivity contribution < 1.29 is 0 Å². The van der Waals surface area contributed by atoms with Gasteiger partial charge in [-0.3, -0.25) is 0 Å². The Morgan fingerprint density at radius 2 is 2.05 bits per heavy atom. The lowest BCUT2D eigenvalue weighted by Crippen LogP contribution is -2.39. The summed E-state index contributed by atoms with van der Waals surface area (Å²) < 4.78 is 1.24. The lowest BCUT2D eigenvalue weighted by molar-refractivity contribution is 0.212. The van der Waals surface area contributed by atoms with E-state index in [1.54, 1.807) is 0 Å². The molecule has 0 aliphatic heterocycles. The van der Waals surface area contributed by atoms with Crippen molar-refractivity contribution in [2.24, 2.45) is 11.8 Å². The van der Waals surface area contributed by atoms with Crippen molar-refractivity contribution >= 4 is 27.3 Å². The summed E-state index contributed by atoms with van der Waals surface area (Å²) in [5, 5.41) is 5.97. The molecule has 2 rings (SSSR count). The van der Waals surface area contributed by atoms with E-state index in [1.165, 1.54) is 60.7 Å². The molecule has 1 aromatic rings. The first-order valence-electron chi connectivity index (χ1n) is 8.69. The van der Waals surface area contributed by atoms with Crippen molar-refractivity contribution in [1.29, 1.82) is 0 Å². The Morgan fingerprint density at radius 1 is 1.29 bits per heavy atom. The minimum atomic E-state index is 0.674. The van der Waals surface area contributed by atoms with Gasteiger partial charge in [0, 0.05) is 20.8 Å². The Balaban J connectivity index is 1.84. The number of unbranched alkanes of at least 4 members (excludes halogenated alkanes) is 1. The van der Waals surface area contributed by atoms with E-state index in [4.69, 9.17) is 0 Å². The second kappa shape index (κ2) is 9.32. The quantitative estimate of drug-likeness (QED) is 0.588. The summed E-state index contributed by atoms with van der Waals surface area (Å²) in [6.07, 6.45) is 11.2. The number of nitrogens with one attached hydrogen (secondary N) is 1. The van der Waals surface area contributed by atoms with Crippen LogP contribution in [0.5, 0.6) is 0 Å². The molecule has 120 valence electrons. The third-order valence-electron chi connectivity index (χ3n) is 4.94. The molecule has 0 bridgehead atoms. The standard InChI is InChI=1S/C18H30BrNS/c1-3-5-6-14-7-9-15(10-8-14)18(20-4-2)12-17-11-16(19)13-21-17/h11,13-15,18,20H,3-10,12H2,1-2H3. The van der Waals surface area contributed by atoms with Crippen LogP contribution < -0.4 is 5.32 Å². The summed E-state index contributed by atoms with van der Waals surface area (Å²) in [5.74, 6) is 1.89. The Hall–Kier alpha value is 0.140. The highest BCUT2D eigenvalue weighted by Crippen LogP contribution is 2.35. The van der Waals surface area contributed by atoms with Crippen LogP contribution in [-0.2, 0) is 6.42 Å². The van der Waals surface area contributed by atoms with Gasteiger partial charge in [0.05, 0.1) is 0 Å². The number of hydrogen-bond acceptors (Lipinski definition) is 2. The fraction of sp³-hybridized carbons (Fsp3) is 0.778. The zero-order valence-electron chi connectivity index (χ0n) is 13.5. The summed E-state index contributed by atoms with van der Waals surface area (Å²) in [7, 11) is 0. The Bertz CT molecular complexity index is 396. The van der Waals surface area contributed by atoms with Crippen LogP contribution in [0.4, 0.5) is 0 Å². The maximum absolute atomic E-state index is 3.76. The largest absolute Gasteiger partial charge is 0.314 e. The van der Waals surface area contributed by atoms with Crippen LogP contribution >= 0.6 is 27.3 Å². The van der Waals surface area contributed by atoms with Gasteiger partial charge in [0.1, 0.15) is 0 Å². The Kier molecular flexibility index (Phi) is 7.76. The van der Waals surface area contributed by atoms with Gasteiger partial charge >= 0.3 is 0 Å². The van der Waals surface area contributed by atoms with E-state index in [9.17, 15) is 0 Å². The fourth-order valence-corrected chi connectivity index (χ4v) is 5.23. The number of hydrogen-bond donors (Lipinski definition) is 1. The maximum Gasteiger partial charge on any atom is 0.0285 e. The van der Waals surface area contributed by atoms with Crippen molar-refractivity contribution in [1.82, 2.24) is 5.32 Å². The molecule has 0 spiro atoms. The van der Waals surface area contributed by atoms with Crippen LogP contribution in [0, 0.1) is 11.8 Å². The molecular formula is C18H30BrNS. The average Bonchev–Trinajstić information content (AvgIpc) is 2.90. The van der Waals surface area contributed by atoms with Gasteiger partial charge in [0.2, 0.25) is 0 Å². The summed E-state index contributed by atoms with van der Waals surface area (Å²) in [6.45, 7) is 5.64. The normalized spacial score (nSPS) is 24.1. The van der Waals surface area contributed by atoms with E-state index in [1.807, 2.05) is 11.3 Å². The molecule has 1 unspecified atom stereocenters.